The predicted octanol–water partition coefficient (Wildman–Crippen LogP) is 4.22. The number of nitrogens with one attached hydrogen (secondary N) is 1. The van der Waals surface area contributed by atoms with Crippen molar-refractivity contribution in [2.75, 3.05) is 19.5 Å². The first-order chi connectivity index (χ1) is 9.63. The first kappa shape index (κ1) is 14.7. The minimum Gasteiger partial charge on any atom is -0.496 e. The topological polar surface area (TPSA) is 30.5 Å². The summed E-state index contributed by atoms with van der Waals surface area (Å²) >= 11 is 3.43. The molecule has 20 heavy (non-hydrogen) atoms. The van der Waals surface area contributed by atoms with E-state index in [0.717, 1.165) is 15.8 Å². The van der Waals surface area contributed by atoms with E-state index >= 15 is 0 Å². The van der Waals surface area contributed by atoms with Gasteiger partial charge in [0.2, 0.25) is 0 Å². The summed E-state index contributed by atoms with van der Waals surface area (Å²) in [6, 6.07) is 10.6. The Balaban J connectivity index is 2.05. The SMILES string of the molecule is COc1ccc(NCc2ccc(OC)c(Br)c2)cc1F. The molecule has 106 valence electrons. The molecule has 0 aliphatic carbocycles. The second-order valence-electron chi connectivity index (χ2n) is 4.17. The van der Waals surface area contributed by atoms with Crippen molar-refractivity contribution in [2.24, 2.45) is 0 Å². The zero-order valence-electron chi connectivity index (χ0n) is 11.2. The van der Waals surface area contributed by atoms with Gasteiger partial charge >= 0.3 is 0 Å². The lowest BCUT2D eigenvalue weighted by Crippen LogP contribution is -2.00. The van der Waals surface area contributed by atoms with Gasteiger partial charge in [0.1, 0.15) is 5.75 Å². The number of benzene rings is 2. The molecule has 0 aliphatic heterocycles. The number of methoxy groups -OCH3 is 2. The standard InChI is InChI=1S/C15H15BrFNO2/c1-19-14-5-3-10(7-12(14)16)9-18-11-4-6-15(20-2)13(17)8-11/h3-8,18H,9H2,1-2H3. The monoisotopic (exact) mass is 339 g/mol. The molecule has 0 saturated carbocycles. The van der Waals surface area contributed by atoms with E-state index in [2.05, 4.69) is 21.2 Å². The van der Waals surface area contributed by atoms with Crippen LogP contribution in [-0.4, -0.2) is 14.2 Å². The van der Waals surface area contributed by atoms with Crippen LogP contribution in [0, 0.1) is 5.82 Å². The highest BCUT2D eigenvalue weighted by atomic mass is 79.9. The minimum absolute atomic E-state index is 0.239. The lowest BCUT2D eigenvalue weighted by atomic mass is 10.2. The van der Waals surface area contributed by atoms with Crippen molar-refractivity contribution < 1.29 is 13.9 Å². The average Bonchev–Trinajstić information content (AvgIpc) is 2.45. The van der Waals surface area contributed by atoms with Gasteiger partial charge in [-0.1, -0.05) is 6.07 Å². The van der Waals surface area contributed by atoms with Crippen LogP contribution in [0.2, 0.25) is 0 Å². The summed E-state index contributed by atoms with van der Waals surface area (Å²) in [6.07, 6.45) is 0. The fourth-order valence-corrected chi connectivity index (χ4v) is 2.39. The van der Waals surface area contributed by atoms with Crippen molar-refractivity contribution in [1.29, 1.82) is 0 Å². The molecule has 2 rings (SSSR count). The van der Waals surface area contributed by atoms with Crippen molar-refractivity contribution in [3.8, 4) is 11.5 Å². The van der Waals surface area contributed by atoms with Crippen LogP contribution in [0.5, 0.6) is 11.5 Å². The van der Waals surface area contributed by atoms with Crippen LogP contribution in [-0.2, 0) is 6.54 Å². The highest BCUT2D eigenvalue weighted by molar-refractivity contribution is 9.10. The second-order valence-corrected chi connectivity index (χ2v) is 5.03. The third kappa shape index (κ3) is 3.42. The van der Waals surface area contributed by atoms with Crippen LogP contribution in [0.15, 0.2) is 40.9 Å². The molecule has 5 heteroatoms. The van der Waals surface area contributed by atoms with Crippen LogP contribution in [0.25, 0.3) is 0 Å². The van der Waals surface area contributed by atoms with Gasteiger partial charge in [-0.2, -0.15) is 0 Å². The van der Waals surface area contributed by atoms with Gasteiger partial charge < -0.3 is 14.8 Å². The summed E-state index contributed by atoms with van der Waals surface area (Å²) in [5.74, 6) is 0.639. The van der Waals surface area contributed by atoms with Crippen LogP contribution in [0.4, 0.5) is 10.1 Å². The van der Waals surface area contributed by atoms with Gasteiger partial charge in [-0.25, -0.2) is 4.39 Å². The average molecular weight is 340 g/mol. The maximum absolute atomic E-state index is 13.6. The van der Waals surface area contributed by atoms with Crippen LogP contribution >= 0.6 is 15.9 Å². The molecule has 0 aromatic heterocycles. The second kappa shape index (κ2) is 6.61. The Morgan fingerprint density at radius 3 is 2.35 bits per heavy atom. The lowest BCUT2D eigenvalue weighted by molar-refractivity contribution is 0.386. The summed E-state index contributed by atoms with van der Waals surface area (Å²) in [4.78, 5) is 0. The van der Waals surface area contributed by atoms with E-state index in [4.69, 9.17) is 9.47 Å². The third-order valence-corrected chi connectivity index (χ3v) is 3.48. The quantitative estimate of drug-likeness (QED) is 0.884. The summed E-state index contributed by atoms with van der Waals surface area (Å²) in [6.45, 7) is 0.592. The van der Waals surface area contributed by atoms with Gasteiger partial charge in [-0.3, -0.25) is 0 Å². The van der Waals surface area contributed by atoms with E-state index in [0.29, 0.717) is 12.2 Å². The molecule has 2 aromatic carbocycles. The largest absolute Gasteiger partial charge is 0.496 e. The number of hydrogen-bond donors (Lipinski definition) is 1. The van der Waals surface area contributed by atoms with E-state index in [9.17, 15) is 4.39 Å². The van der Waals surface area contributed by atoms with Gasteiger partial charge in [-0.05, 0) is 45.8 Å². The third-order valence-electron chi connectivity index (χ3n) is 2.86. The van der Waals surface area contributed by atoms with Crippen molar-refractivity contribution in [3.05, 3.63) is 52.3 Å². The fraction of sp³-hybridized carbons (Fsp3) is 0.200. The van der Waals surface area contributed by atoms with E-state index in [-0.39, 0.29) is 11.6 Å². The van der Waals surface area contributed by atoms with Crippen molar-refractivity contribution in [1.82, 2.24) is 0 Å². The zero-order chi connectivity index (χ0) is 14.5. The Bertz CT molecular complexity index is 551. The Morgan fingerprint density at radius 2 is 1.75 bits per heavy atom. The molecule has 2 aromatic rings. The molecule has 0 heterocycles. The van der Waals surface area contributed by atoms with Crippen molar-refractivity contribution in [3.63, 3.8) is 0 Å². The normalized spacial score (nSPS) is 10.2. The number of rotatable bonds is 5. The summed E-state index contributed by atoms with van der Waals surface area (Å²) in [5.41, 5.74) is 1.77. The summed E-state index contributed by atoms with van der Waals surface area (Å²) in [5, 5.41) is 3.16. The van der Waals surface area contributed by atoms with Gasteiger partial charge in [0.25, 0.3) is 0 Å². The molecule has 0 aliphatic rings. The summed E-state index contributed by atoms with van der Waals surface area (Å²) < 4.78 is 24.5. The van der Waals surface area contributed by atoms with Crippen LogP contribution in [0.3, 0.4) is 0 Å². The first-order valence-electron chi connectivity index (χ1n) is 6.04. The Morgan fingerprint density at radius 1 is 1.05 bits per heavy atom. The molecule has 0 radical (unpaired) electrons. The predicted molar refractivity (Wildman–Crippen MR) is 81.0 cm³/mol. The van der Waals surface area contributed by atoms with Crippen LogP contribution in [0.1, 0.15) is 5.56 Å². The molecule has 3 nitrogen and oxygen atoms in total. The molecule has 0 atom stereocenters. The summed E-state index contributed by atoms with van der Waals surface area (Å²) in [7, 11) is 3.07. The van der Waals surface area contributed by atoms with Gasteiger partial charge in [0, 0.05) is 18.3 Å². The molecule has 1 N–H and O–H groups in total. The Hall–Kier alpha value is -1.75. The molecule has 0 bridgehead atoms. The number of halogens is 2. The zero-order valence-corrected chi connectivity index (χ0v) is 12.8. The fourth-order valence-electron chi connectivity index (χ4n) is 1.80. The Labute approximate surface area is 125 Å². The van der Waals surface area contributed by atoms with Crippen LogP contribution < -0.4 is 14.8 Å². The van der Waals surface area contributed by atoms with Gasteiger partial charge in [-0.15, -0.1) is 0 Å². The minimum atomic E-state index is -0.381. The maximum atomic E-state index is 13.6. The van der Waals surface area contributed by atoms with E-state index in [1.165, 1.54) is 13.2 Å². The molecule has 0 saturated heterocycles. The maximum Gasteiger partial charge on any atom is 0.167 e. The molecule has 0 spiro atoms. The van der Waals surface area contributed by atoms with Crippen molar-refractivity contribution in [2.45, 2.75) is 6.54 Å². The van der Waals surface area contributed by atoms with Crippen molar-refractivity contribution >= 4 is 21.6 Å². The lowest BCUT2D eigenvalue weighted by Gasteiger charge is -2.10. The van der Waals surface area contributed by atoms with E-state index in [1.54, 1.807) is 19.2 Å². The van der Waals surface area contributed by atoms with Gasteiger partial charge in [0.05, 0.1) is 18.7 Å². The highest BCUT2D eigenvalue weighted by Crippen LogP contribution is 2.26. The molecule has 0 unspecified atom stereocenters. The Kier molecular flexibility index (Phi) is 4.84. The molecular formula is C15H15BrFNO2. The first-order valence-corrected chi connectivity index (χ1v) is 6.83. The smallest absolute Gasteiger partial charge is 0.167 e. The van der Waals surface area contributed by atoms with E-state index in [1.807, 2.05) is 18.2 Å². The molecule has 0 amide bonds. The number of hydrogen-bond acceptors (Lipinski definition) is 3. The highest BCUT2D eigenvalue weighted by Gasteiger charge is 2.04. The number of anilines is 1. The molecule has 0 fully saturated rings. The van der Waals surface area contributed by atoms with Gasteiger partial charge in [0.15, 0.2) is 11.6 Å². The van der Waals surface area contributed by atoms with E-state index < -0.39 is 0 Å². The molecular weight excluding hydrogens is 325 g/mol. The number of ether oxygens (including phenoxy) is 2.